The van der Waals surface area contributed by atoms with E-state index < -0.39 is 17.7 Å². The van der Waals surface area contributed by atoms with E-state index in [0.29, 0.717) is 17.9 Å². The largest absolute Gasteiger partial charge is 0.494 e. The molecule has 6 heteroatoms. The molecule has 0 fully saturated rings. The van der Waals surface area contributed by atoms with Crippen LogP contribution in [0.4, 0.5) is 0 Å². The number of unbranched alkanes of at least 4 members (excludes halogenated alkanes) is 3. The van der Waals surface area contributed by atoms with E-state index >= 15 is 0 Å². The van der Waals surface area contributed by atoms with E-state index in [4.69, 9.17) is 4.74 Å². The Bertz CT molecular complexity index is 811. The molecule has 6 nitrogen and oxygen atoms in total. The number of rotatable bonds is 8. The summed E-state index contributed by atoms with van der Waals surface area (Å²) in [6, 6.07) is 13.1. The normalized spacial score (nSPS) is 12.9. The summed E-state index contributed by atoms with van der Waals surface area (Å²) in [6.07, 6.45) is 4.50. The van der Waals surface area contributed by atoms with E-state index in [1.54, 1.807) is 48.5 Å². The third-order valence-corrected chi connectivity index (χ3v) is 4.39. The van der Waals surface area contributed by atoms with Crippen LogP contribution in [0.25, 0.3) is 0 Å². The summed E-state index contributed by atoms with van der Waals surface area (Å²) >= 11 is 0. The molecule has 1 aliphatic rings. The average molecular weight is 366 g/mol. The second-order valence-electron chi connectivity index (χ2n) is 6.37. The minimum Gasteiger partial charge on any atom is -0.494 e. The molecule has 0 aliphatic carbocycles. The fraction of sp³-hybridized carbons (Fsp3) is 0.286. The van der Waals surface area contributed by atoms with E-state index in [0.717, 1.165) is 17.9 Å². The molecule has 0 saturated carbocycles. The van der Waals surface area contributed by atoms with E-state index in [-0.39, 0.29) is 11.1 Å². The first-order valence-corrected chi connectivity index (χ1v) is 9.13. The highest BCUT2D eigenvalue weighted by Crippen LogP contribution is 2.21. The lowest BCUT2D eigenvalue weighted by Gasteiger charge is -2.15. The quantitative estimate of drug-likeness (QED) is 0.572. The molecule has 0 saturated heterocycles. The standard InChI is InChI=1S/C21H22N2O4/c1-2-3-4-7-14-27-16-12-10-15(11-13-16)19(24)22-23-20(25)17-8-5-6-9-18(17)21(23)26/h5-6,8-13H,2-4,7,14H2,1H3,(H,22,24). The monoisotopic (exact) mass is 366 g/mol. The number of nitrogens with one attached hydrogen (secondary N) is 1. The van der Waals surface area contributed by atoms with E-state index in [1.807, 2.05) is 0 Å². The fourth-order valence-electron chi connectivity index (χ4n) is 2.88. The Balaban J connectivity index is 1.57. The van der Waals surface area contributed by atoms with Gasteiger partial charge >= 0.3 is 0 Å². The molecular weight excluding hydrogens is 344 g/mol. The van der Waals surface area contributed by atoms with Crippen LogP contribution in [0.1, 0.15) is 63.7 Å². The van der Waals surface area contributed by atoms with Gasteiger partial charge in [-0.15, -0.1) is 0 Å². The van der Waals surface area contributed by atoms with Gasteiger partial charge in [0.05, 0.1) is 17.7 Å². The third kappa shape index (κ3) is 4.16. The molecular formula is C21H22N2O4. The van der Waals surface area contributed by atoms with Gasteiger partial charge in [0, 0.05) is 5.56 Å². The number of carbonyl (C=O) groups excluding carboxylic acids is 3. The molecule has 140 valence electrons. The van der Waals surface area contributed by atoms with Gasteiger partial charge in [0.2, 0.25) is 0 Å². The van der Waals surface area contributed by atoms with Crippen molar-refractivity contribution in [2.75, 3.05) is 6.61 Å². The molecule has 0 spiro atoms. The number of ether oxygens (including phenoxy) is 1. The lowest BCUT2D eigenvalue weighted by atomic mass is 10.1. The molecule has 0 radical (unpaired) electrons. The predicted molar refractivity (Wildman–Crippen MR) is 100 cm³/mol. The highest BCUT2D eigenvalue weighted by molar-refractivity contribution is 6.22. The van der Waals surface area contributed by atoms with Gasteiger partial charge in [0.1, 0.15) is 5.75 Å². The minimum absolute atomic E-state index is 0.287. The van der Waals surface area contributed by atoms with Gasteiger partial charge in [0.25, 0.3) is 17.7 Å². The second kappa shape index (κ2) is 8.49. The maximum absolute atomic E-state index is 12.4. The lowest BCUT2D eigenvalue weighted by molar-refractivity contribution is 0.0518. The maximum atomic E-state index is 12.4. The summed E-state index contributed by atoms with van der Waals surface area (Å²) in [5, 5.41) is 0.755. The SMILES string of the molecule is CCCCCCOc1ccc(C(=O)NN2C(=O)c3ccccc3C2=O)cc1. The zero-order valence-corrected chi connectivity index (χ0v) is 15.2. The van der Waals surface area contributed by atoms with Crippen molar-refractivity contribution in [3.8, 4) is 5.75 Å². The van der Waals surface area contributed by atoms with E-state index in [1.165, 1.54) is 12.8 Å². The number of benzene rings is 2. The van der Waals surface area contributed by atoms with Crippen molar-refractivity contribution in [2.45, 2.75) is 32.6 Å². The molecule has 0 unspecified atom stereocenters. The first-order valence-electron chi connectivity index (χ1n) is 9.13. The molecule has 0 atom stereocenters. The number of amides is 3. The van der Waals surface area contributed by atoms with Crippen molar-refractivity contribution in [3.05, 3.63) is 65.2 Å². The van der Waals surface area contributed by atoms with Gasteiger partial charge in [-0.2, -0.15) is 5.01 Å². The van der Waals surface area contributed by atoms with Crippen molar-refractivity contribution >= 4 is 17.7 Å². The summed E-state index contributed by atoms with van der Waals surface area (Å²) < 4.78 is 5.65. The highest BCUT2D eigenvalue weighted by Gasteiger charge is 2.36. The van der Waals surface area contributed by atoms with Gasteiger partial charge in [-0.3, -0.25) is 19.8 Å². The van der Waals surface area contributed by atoms with Crippen LogP contribution in [-0.4, -0.2) is 29.3 Å². The van der Waals surface area contributed by atoms with Crippen molar-refractivity contribution in [1.82, 2.24) is 10.4 Å². The van der Waals surface area contributed by atoms with Crippen LogP contribution < -0.4 is 10.2 Å². The summed E-state index contributed by atoms with van der Waals surface area (Å²) in [5.41, 5.74) is 3.29. The second-order valence-corrected chi connectivity index (χ2v) is 6.37. The number of hydrogen-bond donors (Lipinski definition) is 1. The summed E-state index contributed by atoms with van der Waals surface area (Å²) in [4.78, 5) is 37.0. The Kier molecular flexibility index (Phi) is 5.86. The number of fused-ring (bicyclic) bond motifs is 1. The van der Waals surface area contributed by atoms with Crippen LogP contribution >= 0.6 is 0 Å². The van der Waals surface area contributed by atoms with Gasteiger partial charge < -0.3 is 4.74 Å². The zero-order chi connectivity index (χ0) is 19.2. The fourth-order valence-corrected chi connectivity index (χ4v) is 2.88. The highest BCUT2D eigenvalue weighted by atomic mass is 16.5. The van der Waals surface area contributed by atoms with E-state index in [9.17, 15) is 14.4 Å². The van der Waals surface area contributed by atoms with Gasteiger partial charge in [-0.1, -0.05) is 38.3 Å². The van der Waals surface area contributed by atoms with Crippen molar-refractivity contribution in [2.24, 2.45) is 0 Å². The molecule has 3 rings (SSSR count). The van der Waals surface area contributed by atoms with Gasteiger partial charge in [-0.25, -0.2) is 0 Å². The van der Waals surface area contributed by atoms with Crippen molar-refractivity contribution < 1.29 is 19.1 Å². The Morgan fingerprint density at radius 3 is 2.15 bits per heavy atom. The molecule has 3 amide bonds. The first-order chi connectivity index (χ1) is 13.1. The lowest BCUT2D eigenvalue weighted by Crippen LogP contribution is -2.45. The van der Waals surface area contributed by atoms with Crippen molar-refractivity contribution in [3.63, 3.8) is 0 Å². The first kappa shape index (κ1) is 18.6. The number of carbonyl (C=O) groups is 3. The predicted octanol–water partition coefficient (Wildman–Crippen LogP) is 3.59. The molecule has 2 aromatic rings. The van der Waals surface area contributed by atoms with Gasteiger partial charge in [0.15, 0.2) is 0 Å². The van der Waals surface area contributed by atoms with Gasteiger partial charge in [-0.05, 0) is 42.8 Å². The minimum atomic E-state index is -0.531. The smallest absolute Gasteiger partial charge is 0.280 e. The summed E-state index contributed by atoms with van der Waals surface area (Å²) in [7, 11) is 0. The van der Waals surface area contributed by atoms with E-state index in [2.05, 4.69) is 12.3 Å². The van der Waals surface area contributed by atoms with Crippen LogP contribution in [0, 0.1) is 0 Å². The van der Waals surface area contributed by atoms with Crippen LogP contribution in [-0.2, 0) is 0 Å². The van der Waals surface area contributed by atoms with Crippen LogP contribution in [0.3, 0.4) is 0 Å². The zero-order valence-electron chi connectivity index (χ0n) is 15.2. The number of nitrogens with zero attached hydrogens (tertiary/aromatic N) is 1. The molecule has 1 N–H and O–H groups in total. The number of imide groups is 1. The summed E-state index contributed by atoms with van der Waals surface area (Å²) in [6.45, 7) is 2.80. The maximum Gasteiger partial charge on any atom is 0.280 e. The molecule has 1 aliphatic heterocycles. The average Bonchev–Trinajstić information content (AvgIpc) is 2.93. The van der Waals surface area contributed by atoms with Crippen molar-refractivity contribution in [1.29, 1.82) is 0 Å². The number of hydrogen-bond acceptors (Lipinski definition) is 4. The molecule has 2 aromatic carbocycles. The Labute approximate surface area is 158 Å². The molecule has 27 heavy (non-hydrogen) atoms. The van der Waals surface area contributed by atoms with Crippen LogP contribution in [0.2, 0.25) is 0 Å². The molecule has 0 bridgehead atoms. The molecule has 0 aromatic heterocycles. The Morgan fingerprint density at radius 1 is 0.926 bits per heavy atom. The van der Waals surface area contributed by atoms with Crippen LogP contribution in [0.5, 0.6) is 5.75 Å². The van der Waals surface area contributed by atoms with Crippen LogP contribution in [0.15, 0.2) is 48.5 Å². The summed E-state index contributed by atoms with van der Waals surface area (Å²) in [5.74, 6) is -0.908. The molecule has 1 heterocycles. The Morgan fingerprint density at radius 2 is 1.56 bits per heavy atom. The third-order valence-electron chi connectivity index (χ3n) is 4.39. The Hall–Kier alpha value is -3.15. The number of hydrazine groups is 1. The topological polar surface area (TPSA) is 75.7 Å².